The van der Waals surface area contributed by atoms with Crippen LogP contribution in [0.1, 0.15) is 11.1 Å². The zero-order chi connectivity index (χ0) is 28.2. The topological polar surface area (TPSA) is 145 Å². The van der Waals surface area contributed by atoms with Crippen LogP contribution in [0.25, 0.3) is 0 Å². The summed E-state index contributed by atoms with van der Waals surface area (Å²) < 4.78 is 26.1. The molecule has 0 bridgehead atoms. The second-order valence-corrected chi connectivity index (χ2v) is 10.7. The Kier molecular flexibility index (Phi) is 8.15. The third-order valence-electron chi connectivity index (χ3n) is 5.38. The molecule has 0 aliphatic carbocycles. The van der Waals surface area contributed by atoms with Gasteiger partial charge in [0, 0.05) is 57.9 Å². The van der Waals surface area contributed by atoms with Gasteiger partial charge >= 0.3 is 0 Å². The maximum atomic E-state index is 13.1. The number of aliphatic imine (C=N–C) groups is 2. The minimum Gasteiger partial charge on any atom is -0.258 e. The molecule has 0 aliphatic rings. The Morgan fingerprint density at radius 3 is 1.31 bits per heavy atom. The molecule has 39 heavy (non-hydrogen) atoms. The van der Waals surface area contributed by atoms with Gasteiger partial charge in [0.25, 0.3) is 11.4 Å². The molecule has 0 amide bonds. The van der Waals surface area contributed by atoms with Crippen molar-refractivity contribution in [2.45, 2.75) is 9.79 Å². The van der Waals surface area contributed by atoms with E-state index in [0.29, 0.717) is 22.5 Å². The van der Waals surface area contributed by atoms with Crippen LogP contribution >= 0.6 is 23.2 Å². The SMILES string of the molecule is O=[N+]([O-])c1ccc(Cl)c(C=Nc2ccc(S(=O)(=O)c3ccc(N=Cc4cc([N+](=O)[O-])ccc4Cl)cc3)cc2)c1. The van der Waals surface area contributed by atoms with E-state index in [9.17, 15) is 28.6 Å². The second-order valence-electron chi connectivity index (χ2n) is 7.93. The Bertz CT molecular complexity index is 1620. The van der Waals surface area contributed by atoms with Gasteiger partial charge in [0.2, 0.25) is 9.84 Å². The fourth-order valence-electron chi connectivity index (χ4n) is 3.33. The van der Waals surface area contributed by atoms with Crippen LogP contribution in [0, 0.1) is 20.2 Å². The number of nitro benzene ring substituents is 2. The fourth-order valence-corrected chi connectivity index (χ4v) is 4.93. The largest absolute Gasteiger partial charge is 0.270 e. The van der Waals surface area contributed by atoms with Crippen molar-refractivity contribution < 1.29 is 18.3 Å². The molecule has 0 saturated carbocycles. The summed E-state index contributed by atoms with van der Waals surface area (Å²) in [6.45, 7) is 0. The standard InChI is InChI=1S/C26H16Cl2N4O6S/c27-25-11-5-21(31(33)34)13-17(25)15-29-19-1-7-23(8-2-19)39(37,38)24-9-3-20(4-10-24)30-16-18-14-22(32(35)36)6-12-26(18)28/h1-16H. The van der Waals surface area contributed by atoms with E-state index in [4.69, 9.17) is 23.2 Å². The minimum absolute atomic E-state index is 0.0365. The lowest BCUT2D eigenvalue weighted by Gasteiger charge is -2.06. The normalized spacial score (nSPS) is 11.7. The van der Waals surface area contributed by atoms with Crippen LogP contribution in [0.15, 0.2) is 105 Å². The molecule has 0 unspecified atom stereocenters. The summed E-state index contributed by atoms with van der Waals surface area (Å²) in [4.78, 5) is 29.4. The van der Waals surface area contributed by atoms with Crippen LogP contribution in [0.5, 0.6) is 0 Å². The van der Waals surface area contributed by atoms with Gasteiger partial charge < -0.3 is 0 Å². The summed E-state index contributed by atoms with van der Waals surface area (Å²) in [5, 5.41) is 22.5. The number of benzene rings is 4. The molecule has 10 nitrogen and oxygen atoms in total. The molecule has 4 aromatic carbocycles. The number of rotatable bonds is 8. The van der Waals surface area contributed by atoms with Gasteiger partial charge in [0.1, 0.15) is 0 Å². The van der Waals surface area contributed by atoms with Crippen molar-refractivity contribution in [3.63, 3.8) is 0 Å². The van der Waals surface area contributed by atoms with Gasteiger partial charge in [0.05, 0.1) is 31.0 Å². The summed E-state index contributed by atoms with van der Waals surface area (Å²) >= 11 is 12.1. The summed E-state index contributed by atoms with van der Waals surface area (Å²) in [6, 6.07) is 19.5. The molecule has 0 atom stereocenters. The third kappa shape index (κ3) is 6.52. The maximum Gasteiger partial charge on any atom is 0.270 e. The number of sulfone groups is 1. The Morgan fingerprint density at radius 1 is 0.615 bits per heavy atom. The van der Waals surface area contributed by atoms with Gasteiger partial charge in [0.15, 0.2) is 0 Å². The molecule has 0 aromatic heterocycles. The van der Waals surface area contributed by atoms with Gasteiger partial charge in [-0.2, -0.15) is 0 Å². The number of hydrogen-bond acceptors (Lipinski definition) is 8. The Balaban J connectivity index is 1.50. The Morgan fingerprint density at radius 2 is 0.974 bits per heavy atom. The summed E-state index contributed by atoms with van der Waals surface area (Å²) in [5.41, 5.74) is 1.26. The molecule has 13 heteroatoms. The Labute approximate surface area is 232 Å². The van der Waals surface area contributed by atoms with E-state index in [0.717, 1.165) is 0 Å². The van der Waals surface area contributed by atoms with Gasteiger partial charge in [-0.3, -0.25) is 30.2 Å². The zero-order valence-corrected chi connectivity index (χ0v) is 22.0. The highest BCUT2D eigenvalue weighted by molar-refractivity contribution is 7.91. The molecule has 0 saturated heterocycles. The lowest BCUT2D eigenvalue weighted by molar-refractivity contribution is -0.385. The quantitative estimate of drug-likeness (QED) is 0.122. The molecule has 196 valence electrons. The number of non-ortho nitro benzene ring substituents is 2. The van der Waals surface area contributed by atoms with Crippen LogP contribution in [0.4, 0.5) is 22.7 Å². The highest BCUT2D eigenvalue weighted by Crippen LogP contribution is 2.27. The number of hydrogen-bond donors (Lipinski definition) is 0. The minimum atomic E-state index is -3.85. The van der Waals surface area contributed by atoms with E-state index < -0.39 is 19.7 Å². The second kappa shape index (κ2) is 11.5. The molecule has 0 radical (unpaired) electrons. The fraction of sp³-hybridized carbons (Fsp3) is 0. The van der Waals surface area contributed by atoms with E-state index >= 15 is 0 Å². The van der Waals surface area contributed by atoms with E-state index in [1.807, 2.05) is 0 Å². The van der Waals surface area contributed by atoms with Crippen molar-refractivity contribution in [3.8, 4) is 0 Å². The van der Waals surface area contributed by atoms with Crippen molar-refractivity contribution in [3.05, 3.63) is 126 Å². The van der Waals surface area contributed by atoms with Crippen LogP contribution < -0.4 is 0 Å². The average molecular weight is 583 g/mol. The molecule has 0 aliphatic heterocycles. The predicted octanol–water partition coefficient (Wildman–Crippen LogP) is 7.14. The van der Waals surface area contributed by atoms with Crippen molar-refractivity contribution in [2.24, 2.45) is 9.98 Å². The highest BCUT2D eigenvalue weighted by Gasteiger charge is 2.17. The first kappa shape index (κ1) is 27.6. The first-order valence-electron chi connectivity index (χ1n) is 11.0. The summed E-state index contributed by atoms with van der Waals surface area (Å²) in [6.07, 6.45) is 2.72. The van der Waals surface area contributed by atoms with Gasteiger partial charge in [-0.15, -0.1) is 0 Å². The zero-order valence-electron chi connectivity index (χ0n) is 19.6. The lowest BCUT2D eigenvalue weighted by Crippen LogP contribution is -2.01. The van der Waals surface area contributed by atoms with E-state index in [-0.39, 0.29) is 31.2 Å². The Hall–Kier alpha value is -4.45. The average Bonchev–Trinajstić information content (AvgIpc) is 2.92. The van der Waals surface area contributed by atoms with Crippen LogP contribution in [0.2, 0.25) is 10.0 Å². The summed E-state index contributed by atoms with van der Waals surface area (Å²) in [5.74, 6) is 0. The maximum absolute atomic E-state index is 13.1. The van der Waals surface area contributed by atoms with E-state index in [1.165, 1.54) is 97.4 Å². The third-order valence-corrected chi connectivity index (χ3v) is 7.85. The number of nitrogens with zero attached hydrogens (tertiary/aromatic N) is 4. The van der Waals surface area contributed by atoms with Crippen LogP contribution in [0.3, 0.4) is 0 Å². The van der Waals surface area contributed by atoms with E-state index in [1.54, 1.807) is 0 Å². The molecule has 0 heterocycles. The summed E-state index contributed by atoms with van der Waals surface area (Å²) in [7, 11) is -3.85. The first-order chi connectivity index (χ1) is 18.5. The van der Waals surface area contributed by atoms with Crippen molar-refractivity contribution in [1.29, 1.82) is 0 Å². The van der Waals surface area contributed by atoms with Gasteiger partial charge in [-0.1, -0.05) is 23.2 Å². The van der Waals surface area contributed by atoms with Crippen molar-refractivity contribution >= 4 is 68.2 Å². The molecular formula is C26H16Cl2N4O6S. The van der Waals surface area contributed by atoms with Gasteiger partial charge in [-0.25, -0.2) is 8.42 Å². The monoisotopic (exact) mass is 582 g/mol. The molecular weight excluding hydrogens is 567 g/mol. The number of nitro groups is 2. The molecule has 0 spiro atoms. The lowest BCUT2D eigenvalue weighted by atomic mass is 10.2. The molecule has 4 aromatic rings. The highest BCUT2D eigenvalue weighted by atomic mass is 35.5. The van der Waals surface area contributed by atoms with E-state index in [2.05, 4.69) is 9.98 Å². The molecule has 0 fully saturated rings. The van der Waals surface area contributed by atoms with Crippen molar-refractivity contribution in [1.82, 2.24) is 0 Å². The number of halogens is 2. The molecule has 0 N–H and O–H groups in total. The van der Waals surface area contributed by atoms with Crippen molar-refractivity contribution in [2.75, 3.05) is 0 Å². The van der Waals surface area contributed by atoms with Crippen LogP contribution in [-0.4, -0.2) is 30.7 Å². The van der Waals surface area contributed by atoms with Gasteiger partial charge in [-0.05, 0) is 60.7 Å². The predicted molar refractivity (Wildman–Crippen MR) is 149 cm³/mol. The smallest absolute Gasteiger partial charge is 0.258 e. The first-order valence-corrected chi connectivity index (χ1v) is 13.2. The van der Waals surface area contributed by atoms with Crippen LogP contribution in [-0.2, 0) is 9.84 Å². The molecule has 4 rings (SSSR count).